The molecule has 3 rings (SSSR count). The Labute approximate surface area is 156 Å². The van der Waals surface area contributed by atoms with Crippen LogP contribution in [0.4, 0.5) is 11.4 Å². The molecule has 1 saturated carbocycles. The minimum Gasteiger partial charge on any atom is -0.349 e. The number of nitro groups is 1. The maximum absolute atomic E-state index is 12.3. The molecule has 2 N–H and O–H groups in total. The maximum Gasteiger partial charge on any atom is 0.273 e. The van der Waals surface area contributed by atoms with E-state index in [1.54, 1.807) is 30.3 Å². The van der Waals surface area contributed by atoms with E-state index in [0.29, 0.717) is 5.56 Å². The van der Waals surface area contributed by atoms with Crippen molar-refractivity contribution >= 4 is 23.2 Å². The molecule has 0 saturated heterocycles. The number of hydrogen-bond donors (Lipinski definition) is 2. The summed E-state index contributed by atoms with van der Waals surface area (Å²) in [4.78, 5) is 34.6. The molecule has 1 unspecified atom stereocenters. The first-order chi connectivity index (χ1) is 12.9. The number of nitrogens with one attached hydrogen (secondary N) is 2. The lowest BCUT2D eigenvalue weighted by atomic mass is 10.1. The molecule has 0 aromatic heterocycles. The molecule has 0 heterocycles. The lowest BCUT2D eigenvalue weighted by molar-refractivity contribution is -0.385. The van der Waals surface area contributed by atoms with E-state index in [4.69, 9.17) is 0 Å². The monoisotopic (exact) mass is 367 g/mol. The predicted octanol–water partition coefficient (Wildman–Crippen LogP) is 3.36. The number of hydrogen-bond acceptors (Lipinski definition) is 4. The summed E-state index contributed by atoms with van der Waals surface area (Å²) in [5.74, 6) is -0.0959. The molecule has 1 aliphatic carbocycles. The van der Waals surface area contributed by atoms with Crippen molar-refractivity contribution in [3.8, 4) is 0 Å². The number of nitro benzene ring substituents is 1. The Hall–Kier alpha value is -3.22. The first-order valence-corrected chi connectivity index (χ1v) is 8.86. The fourth-order valence-electron chi connectivity index (χ4n) is 2.83. The molecule has 0 radical (unpaired) electrons. The van der Waals surface area contributed by atoms with E-state index in [9.17, 15) is 19.7 Å². The van der Waals surface area contributed by atoms with Crippen LogP contribution in [0, 0.1) is 16.0 Å². The summed E-state index contributed by atoms with van der Waals surface area (Å²) in [6.45, 7) is 1.84. The van der Waals surface area contributed by atoms with E-state index in [1.165, 1.54) is 6.07 Å². The third-order valence-corrected chi connectivity index (χ3v) is 4.54. The molecule has 2 aromatic rings. The van der Waals surface area contributed by atoms with Crippen LogP contribution in [0.3, 0.4) is 0 Å². The molecule has 0 aliphatic heterocycles. The van der Waals surface area contributed by atoms with Crippen LogP contribution in [0.2, 0.25) is 0 Å². The van der Waals surface area contributed by atoms with Crippen molar-refractivity contribution in [3.05, 3.63) is 69.8 Å². The van der Waals surface area contributed by atoms with Crippen LogP contribution in [-0.4, -0.2) is 16.7 Å². The number of amides is 2. The Bertz CT molecular complexity index is 860. The molecule has 140 valence electrons. The molecule has 2 amide bonds. The van der Waals surface area contributed by atoms with Gasteiger partial charge in [-0.2, -0.15) is 0 Å². The third-order valence-electron chi connectivity index (χ3n) is 4.54. The van der Waals surface area contributed by atoms with Gasteiger partial charge in [0.05, 0.1) is 17.4 Å². The number of carbonyl (C=O) groups is 2. The normalized spacial score (nSPS) is 14.3. The Kier molecular flexibility index (Phi) is 5.49. The number of anilines is 1. The number of nitrogens with zero attached hydrogens (tertiary/aromatic N) is 1. The van der Waals surface area contributed by atoms with Crippen LogP contribution in [0.25, 0.3) is 0 Å². The number of benzene rings is 2. The Balaban J connectivity index is 1.58. The van der Waals surface area contributed by atoms with Gasteiger partial charge < -0.3 is 10.6 Å². The molecule has 2 aromatic carbocycles. The SMILES string of the molecule is CC(NC(=O)Cc1ccccc1[N+](=O)[O-])c1ccc(NC(=O)C2CC2)cc1. The van der Waals surface area contributed by atoms with Crippen molar-refractivity contribution in [2.24, 2.45) is 5.92 Å². The second-order valence-electron chi connectivity index (χ2n) is 6.74. The molecule has 0 bridgehead atoms. The van der Waals surface area contributed by atoms with Gasteiger partial charge in [-0.25, -0.2) is 0 Å². The van der Waals surface area contributed by atoms with E-state index in [2.05, 4.69) is 10.6 Å². The van der Waals surface area contributed by atoms with E-state index in [0.717, 1.165) is 24.1 Å². The van der Waals surface area contributed by atoms with Gasteiger partial charge in [-0.15, -0.1) is 0 Å². The smallest absolute Gasteiger partial charge is 0.273 e. The summed E-state index contributed by atoms with van der Waals surface area (Å²) in [7, 11) is 0. The highest BCUT2D eigenvalue weighted by molar-refractivity contribution is 5.94. The molecule has 1 aliphatic rings. The molecule has 7 nitrogen and oxygen atoms in total. The average Bonchev–Trinajstić information content (AvgIpc) is 3.47. The topological polar surface area (TPSA) is 101 Å². The number of carbonyl (C=O) groups excluding carboxylic acids is 2. The van der Waals surface area contributed by atoms with Crippen molar-refractivity contribution in [1.82, 2.24) is 5.32 Å². The van der Waals surface area contributed by atoms with Gasteiger partial charge in [0.2, 0.25) is 11.8 Å². The lowest BCUT2D eigenvalue weighted by Crippen LogP contribution is -2.28. The van der Waals surface area contributed by atoms with Crippen LogP contribution in [0.5, 0.6) is 0 Å². The van der Waals surface area contributed by atoms with Gasteiger partial charge in [-0.3, -0.25) is 19.7 Å². The molecular formula is C20H21N3O4. The standard InChI is InChI=1S/C20H21N3O4/c1-13(14-8-10-17(11-9-14)22-20(25)15-6-7-15)21-19(24)12-16-4-2-3-5-18(16)23(26)27/h2-5,8-11,13,15H,6-7,12H2,1H3,(H,21,24)(H,22,25). The zero-order valence-electron chi connectivity index (χ0n) is 15.0. The zero-order chi connectivity index (χ0) is 19.4. The molecule has 0 spiro atoms. The van der Waals surface area contributed by atoms with Crippen LogP contribution >= 0.6 is 0 Å². The molecule has 1 atom stereocenters. The first kappa shape index (κ1) is 18.6. The third kappa shape index (κ3) is 4.91. The van der Waals surface area contributed by atoms with Crippen LogP contribution in [0.15, 0.2) is 48.5 Å². The summed E-state index contributed by atoms with van der Waals surface area (Å²) in [5.41, 5.74) is 1.94. The largest absolute Gasteiger partial charge is 0.349 e. The second-order valence-corrected chi connectivity index (χ2v) is 6.74. The second kappa shape index (κ2) is 7.99. The van der Waals surface area contributed by atoms with Gasteiger partial charge in [0.1, 0.15) is 0 Å². The minimum absolute atomic E-state index is 0.0496. The van der Waals surface area contributed by atoms with Crippen molar-refractivity contribution in [3.63, 3.8) is 0 Å². The van der Waals surface area contributed by atoms with E-state index in [1.807, 2.05) is 19.1 Å². The van der Waals surface area contributed by atoms with Gasteiger partial charge in [0.15, 0.2) is 0 Å². The molecule has 27 heavy (non-hydrogen) atoms. The molecule has 1 fully saturated rings. The van der Waals surface area contributed by atoms with E-state index < -0.39 is 4.92 Å². The fraction of sp³-hybridized carbons (Fsp3) is 0.300. The van der Waals surface area contributed by atoms with Crippen LogP contribution in [0.1, 0.15) is 36.9 Å². The number of para-hydroxylation sites is 1. The van der Waals surface area contributed by atoms with Gasteiger partial charge in [-0.05, 0) is 37.5 Å². The highest BCUT2D eigenvalue weighted by Crippen LogP contribution is 2.30. The van der Waals surface area contributed by atoms with E-state index >= 15 is 0 Å². The first-order valence-electron chi connectivity index (χ1n) is 8.86. The molecule has 7 heteroatoms. The van der Waals surface area contributed by atoms with Crippen LogP contribution < -0.4 is 10.6 Å². The quantitative estimate of drug-likeness (QED) is 0.579. The maximum atomic E-state index is 12.3. The lowest BCUT2D eigenvalue weighted by Gasteiger charge is -2.15. The zero-order valence-corrected chi connectivity index (χ0v) is 15.0. The highest BCUT2D eigenvalue weighted by Gasteiger charge is 2.29. The Morgan fingerprint density at radius 3 is 2.44 bits per heavy atom. The van der Waals surface area contributed by atoms with Gasteiger partial charge in [0, 0.05) is 23.2 Å². The van der Waals surface area contributed by atoms with Gasteiger partial charge in [-0.1, -0.05) is 30.3 Å². The van der Waals surface area contributed by atoms with Crippen molar-refractivity contribution in [2.75, 3.05) is 5.32 Å². The minimum atomic E-state index is -0.485. The summed E-state index contributed by atoms with van der Waals surface area (Å²) >= 11 is 0. The van der Waals surface area contributed by atoms with Crippen molar-refractivity contribution in [1.29, 1.82) is 0 Å². The van der Waals surface area contributed by atoms with Crippen molar-refractivity contribution < 1.29 is 14.5 Å². The Morgan fingerprint density at radius 1 is 1.15 bits per heavy atom. The number of rotatable bonds is 7. The summed E-state index contributed by atoms with van der Waals surface area (Å²) in [6.07, 6.45) is 1.84. The Morgan fingerprint density at radius 2 is 1.81 bits per heavy atom. The van der Waals surface area contributed by atoms with Gasteiger partial charge >= 0.3 is 0 Å². The summed E-state index contributed by atoms with van der Waals surface area (Å²) in [5, 5.41) is 16.8. The summed E-state index contributed by atoms with van der Waals surface area (Å²) in [6, 6.07) is 13.3. The highest BCUT2D eigenvalue weighted by atomic mass is 16.6. The summed E-state index contributed by atoms with van der Waals surface area (Å²) < 4.78 is 0. The predicted molar refractivity (Wildman–Crippen MR) is 101 cm³/mol. The molecular weight excluding hydrogens is 346 g/mol. The van der Waals surface area contributed by atoms with Crippen molar-refractivity contribution in [2.45, 2.75) is 32.2 Å². The average molecular weight is 367 g/mol. The van der Waals surface area contributed by atoms with Gasteiger partial charge in [0.25, 0.3) is 5.69 Å². The van der Waals surface area contributed by atoms with E-state index in [-0.39, 0.29) is 35.9 Å². The fourth-order valence-corrected chi connectivity index (χ4v) is 2.83. The van der Waals surface area contributed by atoms with Crippen LogP contribution in [-0.2, 0) is 16.0 Å².